The first kappa shape index (κ1) is 22.1. The molecule has 1 saturated carbocycles. The van der Waals surface area contributed by atoms with E-state index in [1.165, 1.54) is 6.92 Å². The minimum Gasteiger partial charge on any atom is -0.465 e. The Balaban J connectivity index is 1.58. The summed E-state index contributed by atoms with van der Waals surface area (Å²) in [6.07, 6.45) is 8.36. The molecule has 0 aromatic carbocycles. The zero-order valence-electron chi connectivity index (χ0n) is 16.5. The second kappa shape index (κ2) is 11.0. The molecule has 156 valence electrons. The van der Waals surface area contributed by atoms with Gasteiger partial charge < -0.3 is 25.0 Å². The van der Waals surface area contributed by atoms with Crippen LogP contribution in [0.15, 0.2) is 0 Å². The number of rotatable bonds is 9. The summed E-state index contributed by atoms with van der Waals surface area (Å²) in [7, 11) is 0. The van der Waals surface area contributed by atoms with E-state index >= 15 is 0 Å². The van der Waals surface area contributed by atoms with Gasteiger partial charge in [0, 0.05) is 0 Å². The van der Waals surface area contributed by atoms with Gasteiger partial charge in [0.15, 0.2) is 0 Å². The maximum Gasteiger partial charge on any atom is 0.323 e. The molecule has 27 heavy (non-hydrogen) atoms. The van der Waals surface area contributed by atoms with Gasteiger partial charge in [-0.05, 0) is 70.8 Å². The molecule has 0 radical (unpaired) electrons. The number of hydrogen-bond acceptors (Lipinski definition) is 7. The summed E-state index contributed by atoms with van der Waals surface area (Å²) in [5.41, 5.74) is -1.23. The van der Waals surface area contributed by atoms with Gasteiger partial charge in [-0.15, -0.1) is 0 Å². The monoisotopic (exact) mass is 385 g/mol. The number of aliphatic hydroxyl groups excluding tert-OH is 2. The molecule has 1 saturated heterocycles. The summed E-state index contributed by atoms with van der Waals surface area (Å²) in [6, 6.07) is -0.132. The number of carbonyl (C=O) groups is 2. The maximum absolute atomic E-state index is 12.1. The summed E-state index contributed by atoms with van der Waals surface area (Å²) >= 11 is 0. The highest BCUT2D eigenvalue weighted by Crippen LogP contribution is 2.31. The summed E-state index contributed by atoms with van der Waals surface area (Å²) in [4.78, 5) is 24.0. The predicted molar refractivity (Wildman–Crippen MR) is 100.0 cm³/mol. The molecule has 1 heterocycles. The van der Waals surface area contributed by atoms with Gasteiger partial charge in [0.05, 0.1) is 19.8 Å². The number of nitrogens with one attached hydrogen (secondary N) is 1. The molecular formula is C20H35NO6. The van der Waals surface area contributed by atoms with E-state index in [2.05, 4.69) is 5.32 Å². The molecule has 1 atom stereocenters. The molecule has 0 aromatic rings. The Bertz CT molecular complexity index is 465. The van der Waals surface area contributed by atoms with Gasteiger partial charge >= 0.3 is 11.9 Å². The Morgan fingerprint density at radius 2 is 1.78 bits per heavy atom. The van der Waals surface area contributed by atoms with Gasteiger partial charge in [-0.2, -0.15) is 0 Å². The number of aliphatic hydroxyl groups is 2. The van der Waals surface area contributed by atoms with Crippen molar-refractivity contribution in [2.24, 2.45) is 11.3 Å². The van der Waals surface area contributed by atoms with Crippen molar-refractivity contribution in [1.29, 1.82) is 0 Å². The van der Waals surface area contributed by atoms with Crippen LogP contribution in [0.3, 0.4) is 0 Å². The van der Waals surface area contributed by atoms with E-state index in [-0.39, 0.29) is 18.1 Å². The van der Waals surface area contributed by atoms with Gasteiger partial charge in [0.1, 0.15) is 17.6 Å². The van der Waals surface area contributed by atoms with Crippen LogP contribution >= 0.6 is 0 Å². The second-order valence-electron chi connectivity index (χ2n) is 8.24. The van der Waals surface area contributed by atoms with Crippen LogP contribution in [0.1, 0.15) is 64.7 Å². The van der Waals surface area contributed by atoms with Crippen molar-refractivity contribution < 1.29 is 29.3 Å². The number of esters is 2. The van der Waals surface area contributed by atoms with E-state index in [9.17, 15) is 19.8 Å². The number of ether oxygens (including phenoxy) is 2. The number of hydrogen-bond donors (Lipinski definition) is 3. The minimum atomic E-state index is -1.23. The van der Waals surface area contributed by atoms with Crippen molar-refractivity contribution in [3.63, 3.8) is 0 Å². The van der Waals surface area contributed by atoms with Crippen LogP contribution in [0, 0.1) is 11.3 Å². The summed E-state index contributed by atoms with van der Waals surface area (Å²) < 4.78 is 10.9. The van der Waals surface area contributed by atoms with E-state index in [1.54, 1.807) is 0 Å². The number of carbonyl (C=O) groups excluding carboxylic acids is 2. The Hall–Kier alpha value is -1.18. The smallest absolute Gasteiger partial charge is 0.323 e. The lowest BCUT2D eigenvalue weighted by atomic mass is 9.84. The average molecular weight is 386 g/mol. The molecule has 2 rings (SSSR count). The summed E-state index contributed by atoms with van der Waals surface area (Å²) in [5.74, 6) is -0.0890. The Labute approximate surface area is 161 Å². The topological polar surface area (TPSA) is 105 Å². The highest BCUT2D eigenvalue weighted by Gasteiger charge is 2.36. The fourth-order valence-electron chi connectivity index (χ4n) is 3.71. The van der Waals surface area contributed by atoms with Crippen molar-refractivity contribution in [1.82, 2.24) is 5.32 Å². The van der Waals surface area contributed by atoms with E-state index in [1.807, 2.05) is 0 Å². The van der Waals surface area contributed by atoms with Crippen LogP contribution in [0.25, 0.3) is 0 Å². The normalized spacial score (nSPS) is 26.4. The molecule has 1 aliphatic carbocycles. The third kappa shape index (κ3) is 6.73. The molecule has 1 aliphatic heterocycles. The molecule has 2 fully saturated rings. The van der Waals surface area contributed by atoms with Crippen LogP contribution < -0.4 is 5.32 Å². The van der Waals surface area contributed by atoms with Crippen LogP contribution in [0.2, 0.25) is 0 Å². The third-order valence-corrected chi connectivity index (χ3v) is 5.85. The van der Waals surface area contributed by atoms with Gasteiger partial charge in [-0.3, -0.25) is 9.59 Å². The van der Waals surface area contributed by atoms with E-state index in [4.69, 9.17) is 9.47 Å². The molecule has 0 bridgehead atoms. The molecule has 0 unspecified atom stereocenters. The first-order valence-electron chi connectivity index (χ1n) is 10.3. The van der Waals surface area contributed by atoms with Gasteiger partial charge in [0.2, 0.25) is 0 Å². The molecule has 0 amide bonds. The molecular weight excluding hydrogens is 350 g/mol. The fraction of sp³-hybridized carbons (Fsp3) is 0.900. The van der Waals surface area contributed by atoms with Crippen molar-refractivity contribution in [3.05, 3.63) is 0 Å². The predicted octanol–water partition coefficient (Wildman–Crippen LogP) is 1.54. The van der Waals surface area contributed by atoms with E-state index in [0.717, 1.165) is 64.3 Å². The van der Waals surface area contributed by atoms with Crippen LogP contribution in [0.4, 0.5) is 0 Å². The molecule has 3 N–H and O–H groups in total. The molecule has 0 aromatic heterocycles. The van der Waals surface area contributed by atoms with Crippen molar-refractivity contribution in [3.8, 4) is 0 Å². The number of piperidine rings is 1. The van der Waals surface area contributed by atoms with Gasteiger partial charge in [-0.1, -0.05) is 6.42 Å². The average Bonchev–Trinajstić information content (AvgIpc) is 2.72. The Kier molecular flexibility index (Phi) is 8.99. The fourth-order valence-corrected chi connectivity index (χ4v) is 3.71. The lowest BCUT2D eigenvalue weighted by Gasteiger charge is -2.31. The highest BCUT2D eigenvalue weighted by molar-refractivity contribution is 5.77. The quantitative estimate of drug-likeness (QED) is 0.408. The van der Waals surface area contributed by atoms with Crippen molar-refractivity contribution in [2.45, 2.75) is 76.9 Å². The molecule has 0 spiro atoms. The molecule has 2 aliphatic rings. The summed E-state index contributed by atoms with van der Waals surface area (Å²) in [5, 5.41) is 21.7. The third-order valence-electron chi connectivity index (χ3n) is 5.85. The Morgan fingerprint density at radius 3 is 2.37 bits per heavy atom. The zero-order chi connectivity index (χ0) is 19.7. The van der Waals surface area contributed by atoms with Gasteiger partial charge in [-0.25, -0.2) is 0 Å². The first-order valence-corrected chi connectivity index (χ1v) is 10.3. The second-order valence-corrected chi connectivity index (χ2v) is 8.24. The van der Waals surface area contributed by atoms with Crippen LogP contribution in [-0.4, -0.2) is 60.7 Å². The molecule has 7 nitrogen and oxygen atoms in total. The maximum atomic E-state index is 12.1. The van der Waals surface area contributed by atoms with Crippen molar-refractivity contribution in [2.75, 3.05) is 26.4 Å². The first-order chi connectivity index (χ1) is 13.0. The minimum absolute atomic E-state index is 0.124. The zero-order valence-corrected chi connectivity index (χ0v) is 16.5. The lowest BCUT2D eigenvalue weighted by Crippen LogP contribution is -2.41. The van der Waals surface area contributed by atoms with Crippen LogP contribution in [0.5, 0.6) is 0 Å². The van der Waals surface area contributed by atoms with Crippen LogP contribution in [-0.2, 0) is 19.1 Å². The van der Waals surface area contributed by atoms with E-state index < -0.39 is 24.6 Å². The van der Waals surface area contributed by atoms with E-state index in [0.29, 0.717) is 12.5 Å². The Morgan fingerprint density at radius 1 is 1.07 bits per heavy atom. The largest absolute Gasteiger partial charge is 0.465 e. The molecule has 7 heteroatoms. The van der Waals surface area contributed by atoms with Gasteiger partial charge in [0.25, 0.3) is 0 Å². The lowest BCUT2D eigenvalue weighted by molar-refractivity contribution is -0.167. The standard InChI is InChI=1S/C20H35NO6/c1-20(13-22,14-23)19(25)27-16-9-7-15(8-10-16)5-4-12-26-18(24)17-6-2-3-11-21-17/h15-17,21-23H,2-14H2,1H3/t15?,16?,17-/m0/s1. The highest BCUT2D eigenvalue weighted by atomic mass is 16.5. The SMILES string of the molecule is CC(CO)(CO)C(=O)OC1CCC(CCCOC(=O)[C@@H]2CCCCN2)CC1. The van der Waals surface area contributed by atoms with Crippen molar-refractivity contribution >= 4 is 11.9 Å². The summed E-state index contributed by atoms with van der Waals surface area (Å²) in [6.45, 7) is 2.02.